The van der Waals surface area contributed by atoms with Crippen LogP contribution in [0.5, 0.6) is 0 Å². The Labute approximate surface area is 127 Å². The van der Waals surface area contributed by atoms with Gasteiger partial charge in [-0.2, -0.15) is 0 Å². The largest absolute Gasteiger partial charge is 0.392 e. The summed E-state index contributed by atoms with van der Waals surface area (Å²) in [7, 11) is 0. The van der Waals surface area contributed by atoms with Crippen LogP contribution in [-0.4, -0.2) is 53.4 Å². The molecule has 1 fully saturated rings. The summed E-state index contributed by atoms with van der Waals surface area (Å²) in [4.78, 5) is 26.6. The van der Waals surface area contributed by atoms with Gasteiger partial charge >= 0.3 is 0 Å². The van der Waals surface area contributed by atoms with Crippen molar-refractivity contribution in [2.45, 2.75) is 6.92 Å². The smallest absolute Gasteiger partial charge is 0.294 e. The van der Waals surface area contributed by atoms with Crippen molar-refractivity contribution in [1.29, 1.82) is 0 Å². The molecular formula is C13H17ClN4O3. The van der Waals surface area contributed by atoms with Gasteiger partial charge in [-0.3, -0.25) is 14.9 Å². The molecule has 7 nitrogen and oxygen atoms in total. The lowest BCUT2D eigenvalue weighted by molar-refractivity contribution is -0.383. The molecule has 1 saturated heterocycles. The molecule has 1 aromatic carbocycles. The summed E-state index contributed by atoms with van der Waals surface area (Å²) in [6.45, 7) is 5.81. The molecule has 0 radical (unpaired) electrons. The van der Waals surface area contributed by atoms with E-state index in [9.17, 15) is 14.9 Å². The summed E-state index contributed by atoms with van der Waals surface area (Å²) in [6.07, 6.45) is 0. The van der Waals surface area contributed by atoms with Crippen LogP contribution in [-0.2, 0) is 0 Å². The van der Waals surface area contributed by atoms with Gasteiger partial charge in [-0.25, -0.2) is 0 Å². The number of nitrogens with zero attached hydrogens (tertiary/aromatic N) is 3. The third-order valence-electron chi connectivity index (χ3n) is 3.66. The van der Waals surface area contributed by atoms with E-state index in [2.05, 4.69) is 11.8 Å². The predicted octanol–water partition coefficient (Wildman–Crippen LogP) is 1.61. The van der Waals surface area contributed by atoms with E-state index < -0.39 is 4.92 Å². The third-order valence-corrected chi connectivity index (χ3v) is 3.97. The molecule has 1 aliphatic rings. The monoisotopic (exact) mass is 312 g/mol. The highest BCUT2D eigenvalue weighted by Crippen LogP contribution is 2.31. The lowest BCUT2D eigenvalue weighted by Gasteiger charge is -2.34. The lowest BCUT2D eigenvalue weighted by atomic mass is 10.1. The molecule has 0 saturated carbocycles. The first kappa shape index (κ1) is 15.5. The highest BCUT2D eigenvalue weighted by atomic mass is 35.5. The summed E-state index contributed by atoms with van der Waals surface area (Å²) in [6, 6.07) is 2.58. The zero-order valence-corrected chi connectivity index (χ0v) is 12.5. The molecule has 114 valence electrons. The van der Waals surface area contributed by atoms with E-state index in [-0.39, 0.29) is 27.9 Å². The van der Waals surface area contributed by atoms with Gasteiger partial charge in [0.05, 0.1) is 9.95 Å². The Morgan fingerprint density at radius 3 is 2.52 bits per heavy atom. The van der Waals surface area contributed by atoms with Crippen LogP contribution in [0.1, 0.15) is 17.3 Å². The second kappa shape index (κ2) is 6.28. The zero-order chi connectivity index (χ0) is 15.6. The molecule has 2 rings (SSSR count). The average Bonchev–Trinajstić information content (AvgIpc) is 2.49. The molecule has 21 heavy (non-hydrogen) atoms. The van der Waals surface area contributed by atoms with Crippen molar-refractivity contribution < 1.29 is 9.72 Å². The molecule has 1 aromatic rings. The lowest BCUT2D eigenvalue weighted by Crippen LogP contribution is -2.48. The van der Waals surface area contributed by atoms with Crippen LogP contribution in [0.2, 0.25) is 5.02 Å². The van der Waals surface area contributed by atoms with Crippen molar-refractivity contribution in [2.75, 3.05) is 38.5 Å². The number of rotatable bonds is 3. The van der Waals surface area contributed by atoms with Gasteiger partial charge < -0.3 is 15.5 Å². The minimum atomic E-state index is -0.632. The summed E-state index contributed by atoms with van der Waals surface area (Å²) in [5.41, 5.74) is 5.31. The van der Waals surface area contributed by atoms with Gasteiger partial charge in [-0.15, -0.1) is 0 Å². The summed E-state index contributed by atoms with van der Waals surface area (Å²) in [5.74, 6) is -0.254. The average molecular weight is 313 g/mol. The number of carbonyl (C=O) groups excluding carboxylic acids is 1. The Morgan fingerprint density at radius 1 is 1.38 bits per heavy atom. The van der Waals surface area contributed by atoms with Gasteiger partial charge in [0.25, 0.3) is 11.6 Å². The number of nitrogen functional groups attached to an aromatic ring is 1. The van der Waals surface area contributed by atoms with Crippen molar-refractivity contribution in [3.63, 3.8) is 0 Å². The topological polar surface area (TPSA) is 92.7 Å². The van der Waals surface area contributed by atoms with Gasteiger partial charge in [0, 0.05) is 37.8 Å². The first-order chi connectivity index (χ1) is 9.93. The zero-order valence-electron chi connectivity index (χ0n) is 11.7. The van der Waals surface area contributed by atoms with E-state index in [1.165, 1.54) is 12.1 Å². The van der Waals surface area contributed by atoms with Gasteiger partial charge in [0.15, 0.2) is 0 Å². The minimum absolute atomic E-state index is 0.0275. The Kier molecular flexibility index (Phi) is 4.64. The Bertz CT molecular complexity index is 571. The van der Waals surface area contributed by atoms with Crippen LogP contribution in [0, 0.1) is 10.1 Å². The number of halogens is 1. The maximum Gasteiger partial charge on any atom is 0.294 e. The van der Waals surface area contributed by atoms with E-state index in [0.717, 1.165) is 19.6 Å². The molecule has 0 bridgehead atoms. The van der Waals surface area contributed by atoms with Crippen molar-refractivity contribution >= 4 is 28.9 Å². The summed E-state index contributed by atoms with van der Waals surface area (Å²) >= 11 is 5.88. The number of hydrogen-bond donors (Lipinski definition) is 1. The maximum absolute atomic E-state index is 12.4. The van der Waals surface area contributed by atoms with Crippen molar-refractivity contribution in [1.82, 2.24) is 9.80 Å². The number of nitrogens with two attached hydrogens (primary N) is 1. The quantitative estimate of drug-likeness (QED) is 0.520. The van der Waals surface area contributed by atoms with Crippen LogP contribution in [0.15, 0.2) is 12.1 Å². The van der Waals surface area contributed by atoms with Crippen molar-refractivity contribution in [3.05, 3.63) is 32.8 Å². The van der Waals surface area contributed by atoms with Gasteiger partial charge in [-0.1, -0.05) is 18.5 Å². The highest BCUT2D eigenvalue weighted by molar-refractivity contribution is 6.34. The summed E-state index contributed by atoms with van der Waals surface area (Å²) < 4.78 is 0. The number of piperazine rings is 1. The fourth-order valence-electron chi connectivity index (χ4n) is 2.33. The normalized spacial score (nSPS) is 16.0. The first-order valence-electron chi connectivity index (χ1n) is 6.69. The molecular weight excluding hydrogens is 296 g/mol. The van der Waals surface area contributed by atoms with E-state index in [0.29, 0.717) is 13.1 Å². The third kappa shape index (κ3) is 3.25. The molecule has 1 aliphatic heterocycles. The second-order valence-electron chi connectivity index (χ2n) is 4.87. The molecule has 8 heteroatoms. The maximum atomic E-state index is 12.4. The minimum Gasteiger partial charge on any atom is -0.392 e. The molecule has 0 spiro atoms. The Hall–Kier alpha value is -1.86. The highest BCUT2D eigenvalue weighted by Gasteiger charge is 2.25. The SMILES string of the molecule is CCN1CCN(C(=O)c2cc(Cl)c(N)c([N+](=O)[O-])c2)CC1. The molecule has 0 aromatic heterocycles. The summed E-state index contributed by atoms with van der Waals surface area (Å²) in [5, 5.41) is 11.0. The van der Waals surface area contributed by atoms with Crippen molar-refractivity contribution in [2.24, 2.45) is 0 Å². The van der Waals surface area contributed by atoms with E-state index >= 15 is 0 Å². The first-order valence-corrected chi connectivity index (χ1v) is 7.07. The van der Waals surface area contributed by atoms with Crippen LogP contribution < -0.4 is 5.73 Å². The number of hydrogen-bond acceptors (Lipinski definition) is 5. The van der Waals surface area contributed by atoms with Crippen LogP contribution in [0.3, 0.4) is 0 Å². The number of benzene rings is 1. The van der Waals surface area contributed by atoms with Gasteiger partial charge in [0.1, 0.15) is 5.69 Å². The van der Waals surface area contributed by atoms with Gasteiger partial charge in [-0.05, 0) is 12.6 Å². The van der Waals surface area contributed by atoms with E-state index in [1.54, 1.807) is 4.90 Å². The Morgan fingerprint density at radius 2 is 2.00 bits per heavy atom. The van der Waals surface area contributed by atoms with Crippen molar-refractivity contribution in [3.8, 4) is 0 Å². The van der Waals surface area contributed by atoms with Crippen LogP contribution in [0.4, 0.5) is 11.4 Å². The van der Waals surface area contributed by atoms with Crippen LogP contribution >= 0.6 is 11.6 Å². The molecule has 1 heterocycles. The van der Waals surface area contributed by atoms with Gasteiger partial charge in [0.2, 0.25) is 0 Å². The molecule has 2 N–H and O–H groups in total. The second-order valence-corrected chi connectivity index (χ2v) is 5.28. The Balaban J connectivity index is 2.22. The number of carbonyl (C=O) groups is 1. The standard InChI is InChI=1S/C13H17ClN4O3/c1-2-16-3-5-17(6-4-16)13(19)9-7-10(14)12(15)11(8-9)18(20)21/h7-8H,2-6,15H2,1H3. The fraction of sp³-hybridized carbons (Fsp3) is 0.462. The number of nitro groups is 1. The number of amides is 1. The van der Waals surface area contributed by atoms with Crippen LogP contribution in [0.25, 0.3) is 0 Å². The number of anilines is 1. The van der Waals surface area contributed by atoms with E-state index in [1.807, 2.05) is 0 Å². The molecule has 0 atom stereocenters. The number of nitro benzene ring substituents is 1. The fourth-order valence-corrected chi connectivity index (χ4v) is 2.54. The molecule has 0 unspecified atom stereocenters. The number of likely N-dealkylation sites (N-methyl/N-ethyl adjacent to an activating group) is 1. The molecule has 1 amide bonds. The molecule has 0 aliphatic carbocycles. The van der Waals surface area contributed by atoms with E-state index in [4.69, 9.17) is 17.3 Å². The predicted molar refractivity (Wildman–Crippen MR) is 80.5 cm³/mol.